The predicted octanol–water partition coefficient (Wildman–Crippen LogP) is 4.96. The Hall–Kier alpha value is -1.91. The molecule has 0 unspecified atom stereocenters. The van der Waals surface area contributed by atoms with Crippen LogP contribution in [0.3, 0.4) is 0 Å². The number of rotatable bonds is 4. The molecule has 0 aliphatic rings. The Morgan fingerprint density at radius 1 is 1.14 bits per heavy atom. The van der Waals surface area contributed by atoms with E-state index >= 15 is 0 Å². The summed E-state index contributed by atoms with van der Waals surface area (Å²) in [6, 6.07) is 14.0. The van der Waals surface area contributed by atoms with Crippen LogP contribution in [0.25, 0.3) is 22.0 Å². The molecule has 5 heteroatoms. The van der Waals surface area contributed by atoms with E-state index < -0.39 is 0 Å². The van der Waals surface area contributed by atoms with Gasteiger partial charge in [0.1, 0.15) is 5.82 Å². The van der Waals surface area contributed by atoms with Gasteiger partial charge in [-0.15, -0.1) is 11.3 Å². The highest BCUT2D eigenvalue weighted by atomic mass is 35.5. The Bertz CT molecular complexity index is 740. The average molecular weight is 316 g/mol. The van der Waals surface area contributed by atoms with Crippen molar-refractivity contribution in [3.63, 3.8) is 0 Å². The van der Waals surface area contributed by atoms with Crippen LogP contribution in [0.1, 0.15) is 6.92 Å². The lowest BCUT2D eigenvalue weighted by atomic mass is 10.1. The fraction of sp³-hybridized carbons (Fsp3) is 0.125. The average Bonchev–Trinajstić information content (AvgIpc) is 2.95. The first kappa shape index (κ1) is 14.0. The van der Waals surface area contributed by atoms with Gasteiger partial charge >= 0.3 is 0 Å². The van der Waals surface area contributed by atoms with Gasteiger partial charge in [0.05, 0.1) is 15.6 Å². The molecule has 1 N–H and O–H groups in total. The molecule has 0 fully saturated rings. The first-order chi connectivity index (χ1) is 10.3. The zero-order valence-electron chi connectivity index (χ0n) is 11.5. The number of anilines is 1. The van der Waals surface area contributed by atoms with Gasteiger partial charge in [-0.25, -0.2) is 9.97 Å². The zero-order valence-corrected chi connectivity index (χ0v) is 13.1. The Kier molecular flexibility index (Phi) is 4.18. The molecule has 1 aromatic carbocycles. The van der Waals surface area contributed by atoms with Gasteiger partial charge in [0, 0.05) is 23.6 Å². The van der Waals surface area contributed by atoms with Crippen LogP contribution in [0.4, 0.5) is 5.82 Å². The fourth-order valence-electron chi connectivity index (χ4n) is 2.02. The molecule has 0 atom stereocenters. The molecule has 2 heterocycles. The molecular weight excluding hydrogens is 302 g/mol. The lowest BCUT2D eigenvalue weighted by Gasteiger charge is -2.08. The number of halogens is 1. The van der Waals surface area contributed by atoms with Gasteiger partial charge in [0.25, 0.3) is 0 Å². The summed E-state index contributed by atoms with van der Waals surface area (Å²) in [5.74, 6) is 1.52. The van der Waals surface area contributed by atoms with Crippen LogP contribution >= 0.6 is 22.9 Å². The van der Waals surface area contributed by atoms with E-state index in [9.17, 15) is 0 Å². The van der Waals surface area contributed by atoms with Crippen LogP contribution in [0.5, 0.6) is 0 Å². The van der Waals surface area contributed by atoms with E-state index in [4.69, 9.17) is 11.6 Å². The van der Waals surface area contributed by atoms with Crippen molar-refractivity contribution in [2.24, 2.45) is 0 Å². The van der Waals surface area contributed by atoms with Crippen LogP contribution in [0.15, 0.2) is 47.8 Å². The van der Waals surface area contributed by atoms with Gasteiger partial charge < -0.3 is 5.32 Å². The van der Waals surface area contributed by atoms with Crippen LogP contribution < -0.4 is 5.32 Å². The van der Waals surface area contributed by atoms with E-state index in [2.05, 4.69) is 15.3 Å². The third-order valence-electron chi connectivity index (χ3n) is 2.94. The van der Waals surface area contributed by atoms with Crippen LogP contribution in [-0.2, 0) is 0 Å². The lowest BCUT2D eigenvalue weighted by Crippen LogP contribution is -2.02. The molecule has 0 amide bonds. The standard InChI is InChI=1S/C16H14ClN3S/c1-2-18-15-9-13(11-6-4-3-5-7-11)19-16(20-15)14-8-12(17)10-21-14/h3-10H,2H2,1H3,(H,18,19,20). The Balaban J connectivity index is 2.10. The molecule has 0 saturated heterocycles. The highest BCUT2D eigenvalue weighted by molar-refractivity contribution is 7.14. The second kappa shape index (κ2) is 6.24. The summed E-state index contributed by atoms with van der Waals surface area (Å²) in [4.78, 5) is 10.2. The van der Waals surface area contributed by atoms with Crippen molar-refractivity contribution in [3.05, 3.63) is 52.9 Å². The molecule has 0 radical (unpaired) electrons. The SMILES string of the molecule is CCNc1cc(-c2ccccc2)nc(-c2cc(Cl)cs2)n1. The summed E-state index contributed by atoms with van der Waals surface area (Å²) >= 11 is 7.56. The van der Waals surface area contributed by atoms with Crippen molar-refractivity contribution in [3.8, 4) is 22.0 Å². The number of nitrogens with zero attached hydrogens (tertiary/aromatic N) is 2. The number of hydrogen-bond acceptors (Lipinski definition) is 4. The van der Waals surface area contributed by atoms with Gasteiger partial charge in [-0.1, -0.05) is 41.9 Å². The second-order valence-corrected chi connectivity index (χ2v) is 5.84. The summed E-state index contributed by atoms with van der Waals surface area (Å²) < 4.78 is 0. The minimum Gasteiger partial charge on any atom is -0.370 e. The number of nitrogens with one attached hydrogen (secondary N) is 1. The van der Waals surface area contributed by atoms with Crippen molar-refractivity contribution in [2.45, 2.75) is 6.92 Å². The quantitative estimate of drug-likeness (QED) is 0.739. The van der Waals surface area contributed by atoms with Crippen molar-refractivity contribution in [1.29, 1.82) is 0 Å². The first-order valence-electron chi connectivity index (χ1n) is 6.69. The summed E-state index contributed by atoms with van der Waals surface area (Å²) in [7, 11) is 0. The molecule has 0 spiro atoms. The number of thiophene rings is 1. The van der Waals surface area contributed by atoms with E-state index in [0.717, 1.165) is 28.5 Å². The summed E-state index contributed by atoms with van der Waals surface area (Å²) in [6.07, 6.45) is 0. The summed E-state index contributed by atoms with van der Waals surface area (Å²) in [6.45, 7) is 2.86. The maximum absolute atomic E-state index is 6.01. The normalized spacial score (nSPS) is 10.6. The largest absolute Gasteiger partial charge is 0.370 e. The third-order valence-corrected chi connectivity index (χ3v) is 4.22. The monoisotopic (exact) mass is 315 g/mol. The van der Waals surface area contributed by atoms with E-state index in [1.165, 1.54) is 0 Å². The minimum absolute atomic E-state index is 0.698. The highest BCUT2D eigenvalue weighted by Crippen LogP contribution is 2.30. The van der Waals surface area contributed by atoms with Crippen molar-refractivity contribution < 1.29 is 0 Å². The molecule has 3 rings (SSSR count). The molecule has 106 valence electrons. The Labute approximate surface area is 132 Å². The molecule has 0 saturated carbocycles. The van der Waals surface area contributed by atoms with E-state index in [1.807, 2.05) is 54.8 Å². The van der Waals surface area contributed by atoms with E-state index in [0.29, 0.717) is 10.8 Å². The van der Waals surface area contributed by atoms with Crippen molar-refractivity contribution >= 4 is 28.8 Å². The zero-order chi connectivity index (χ0) is 14.7. The first-order valence-corrected chi connectivity index (χ1v) is 7.95. The highest BCUT2D eigenvalue weighted by Gasteiger charge is 2.10. The van der Waals surface area contributed by atoms with E-state index in [-0.39, 0.29) is 0 Å². The molecule has 0 bridgehead atoms. The van der Waals surface area contributed by atoms with Gasteiger partial charge in [0.15, 0.2) is 5.82 Å². The fourth-order valence-corrected chi connectivity index (χ4v) is 3.02. The molecule has 2 aromatic heterocycles. The van der Waals surface area contributed by atoms with Crippen LogP contribution in [-0.4, -0.2) is 16.5 Å². The lowest BCUT2D eigenvalue weighted by molar-refractivity contribution is 1.12. The molecule has 0 aliphatic carbocycles. The molecule has 3 aromatic rings. The maximum atomic E-state index is 6.01. The van der Waals surface area contributed by atoms with Gasteiger partial charge in [0.2, 0.25) is 0 Å². The smallest absolute Gasteiger partial charge is 0.172 e. The molecular formula is C16H14ClN3S. The van der Waals surface area contributed by atoms with Crippen molar-refractivity contribution in [2.75, 3.05) is 11.9 Å². The van der Waals surface area contributed by atoms with E-state index in [1.54, 1.807) is 11.3 Å². The van der Waals surface area contributed by atoms with Gasteiger partial charge in [-0.3, -0.25) is 0 Å². The third kappa shape index (κ3) is 3.23. The number of benzene rings is 1. The van der Waals surface area contributed by atoms with Crippen molar-refractivity contribution in [1.82, 2.24) is 9.97 Å². The molecule has 0 aliphatic heterocycles. The van der Waals surface area contributed by atoms with Gasteiger partial charge in [-0.05, 0) is 13.0 Å². The van der Waals surface area contributed by atoms with Crippen LogP contribution in [0, 0.1) is 0 Å². The second-order valence-electron chi connectivity index (χ2n) is 4.49. The maximum Gasteiger partial charge on any atom is 0.172 e. The molecule has 3 nitrogen and oxygen atoms in total. The Morgan fingerprint density at radius 2 is 1.95 bits per heavy atom. The van der Waals surface area contributed by atoms with Gasteiger partial charge in [-0.2, -0.15) is 0 Å². The molecule has 21 heavy (non-hydrogen) atoms. The summed E-state index contributed by atoms with van der Waals surface area (Å²) in [5.41, 5.74) is 1.98. The Morgan fingerprint density at radius 3 is 2.62 bits per heavy atom. The number of hydrogen-bond donors (Lipinski definition) is 1. The van der Waals surface area contributed by atoms with Crippen LogP contribution in [0.2, 0.25) is 5.02 Å². The predicted molar refractivity (Wildman–Crippen MR) is 90.0 cm³/mol. The topological polar surface area (TPSA) is 37.8 Å². The minimum atomic E-state index is 0.698. The number of aromatic nitrogens is 2. The summed E-state index contributed by atoms with van der Waals surface area (Å²) in [5, 5.41) is 5.86.